The van der Waals surface area contributed by atoms with Crippen molar-refractivity contribution in [2.24, 2.45) is 5.92 Å². The molecule has 0 atom stereocenters. The lowest BCUT2D eigenvalue weighted by atomic mass is 9.87. The van der Waals surface area contributed by atoms with Crippen LogP contribution in [0.4, 0.5) is 0 Å². The maximum atomic E-state index is 12.4. The molecule has 0 radical (unpaired) electrons. The molecular weight excluding hydrogens is 348 g/mol. The van der Waals surface area contributed by atoms with Crippen molar-refractivity contribution in [2.45, 2.75) is 57.9 Å². The lowest BCUT2D eigenvalue weighted by molar-refractivity contribution is -0.134. The van der Waals surface area contributed by atoms with Gasteiger partial charge in [-0.3, -0.25) is 4.79 Å². The SMILES string of the molecule is CC(C)(C)c1ccc(OCC(=O)N2CCC(NCC3CC3)CC2)cc1.Cl. The van der Waals surface area contributed by atoms with Crippen molar-refractivity contribution in [3.05, 3.63) is 29.8 Å². The van der Waals surface area contributed by atoms with Gasteiger partial charge in [-0.05, 0) is 61.3 Å². The van der Waals surface area contributed by atoms with Crippen LogP contribution in [0, 0.1) is 5.92 Å². The third-order valence-electron chi connectivity index (χ3n) is 5.32. The molecular formula is C21H33ClN2O2. The molecule has 0 bridgehead atoms. The summed E-state index contributed by atoms with van der Waals surface area (Å²) in [6, 6.07) is 8.66. The van der Waals surface area contributed by atoms with Crippen LogP contribution in [0.2, 0.25) is 0 Å². The monoisotopic (exact) mass is 380 g/mol. The van der Waals surface area contributed by atoms with E-state index in [1.54, 1.807) is 0 Å². The van der Waals surface area contributed by atoms with E-state index >= 15 is 0 Å². The predicted octanol–water partition coefficient (Wildman–Crippen LogP) is 3.78. The van der Waals surface area contributed by atoms with Gasteiger partial charge in [0.25, 0.3) is 5.91 Å². The molecule has 0 spiro atoms. The Bertz CT molecular complexity index is 571. The highest BCUT2D eigenvalue weighted by Gasteiger charge is 2.26. The van der Waals surface area contributed by atoms with Gasteiger partial charge in [0, 0.05) is 19.1 Å². The van der Waals surface area contributed by atoms with E-state index in [2.05, 4.69) is 38.2 Å². The zero-order chi connectivity index (χ0) is 17.9. The molecule has 2 aliphatic rings. The van der Waals surface area contributed by atoms with Crippen molar-refractivity contribution in [1.29, 1.82) is 0 Å². The molecule has 4 nitrogen and oxygen atoms in total. The molecule has 0 aromatic heterocycles. The number of piperidine rings is 1. The smallest absolute Gasteiger partial charge is 0.260 e. The minimum absolute atomic E-state index is 0. The molecule has 0 unspecified atom stereocenters. The molecule has 1 amide bonds. The third-order valence-corrected chi connectivity index (χ3v) is 5.32. The summed E-state index contributed by atoms with van der Waals surface area (Å²) >= 11 is 0. The zero-order valence-corrected chi connectivity index (χ0v) is 17.1. The lowest BCUT2D eigenvalue weighted by Crippen LogP contribution is -2.46. The number of amides is 1. The van der Waals surface area contributed by atoms with E-state index in [1.807, 2.05) is 17.0 Å². The summed E-state index contributed by atoms with van der Waals surface area (Å²) in [4.78, 5) is 14.3. The number of nitrogens with zero attached hydrogens (tertiary/aromatic N) is 1. The van der Waals surface area contributed by atoms with Crippen LogP contribution in [0.3, 0.4) is 0 Å². The molecule has 1 saturated heterocycles. The van der Waals surface area contributed by atoms with Crippen LogP contribution in [-0.4, -0.2) is 43.1 Å². The first-order chi connectivity index (χ1) is 11.9. The van der Waals surface area contributed by atoms with Crippen molar-refractivity contribution in [2.75, 3.05) is 26.2 Å². The quantitative estimate of drug-likeness (QED) is 0.816. The van der Waals surface area contributed by atoms with Gasteiger partial charge in [-0.1, -0.05) is 32.9 Å². The lowest BCUT2D eigenvalue weighted by Gasteiger charge is -2.32. The molecule has 26 heavy (non-hydrogen) atoms. The molecule has 3 rings (SSSR count). The Morgan fingerprint density at radius 3 is 2.27 bits per heavy atom. The Balaban J connectivity index is 0.00000243. The van der Waals surface area contributed by atoms with Gasteiger partial charge in [0.15, 0.2) is 6.61 Å². The number of likely N-dealkylation sites (tertiary alicyclic amines) is 1. The van der Waals surface area contributed by atoms with Crippen LogP contribution >= 0.6 is 12.4 Å². The topological polar surface area (TPSA) is 41.6 Å². The number of benzene rings is 1. The first-order valence-electron chi connectivity index (χ1n) is 9.66. The van der Waals surface area contributed by atoms with Crippen LogP contribution in [0.15, 0.2) is 24.3 Å². The second kappa shape index (κ2) is 9.09. The first kappa shape index (κ1) is 21.0. The van der Waals surface area contributed by atoms with Crippen molar-refractivity contribution < 1.29 is 9.53 Å². The van der Waals surface area contributed by atoms with Crippen molar-refractivity contribution in [1.82, 2.24) is 10.2 Å². The van der Waals surface area contributed by atoms with E-state index in [1.165, 1.54) is 18.4 Å². The van der Waals surface area contributed by atoms with Gasteiger partial charge in [-0.15, -0.1) is 12.4 Å². The summed E-state index contributed by atoms with van der Waals surface area (Å²) in [5.74, 6) is 1.78. The summed E-state index contributed by atoms with van der Waals surface area (Å²) in [5.41, 5.74) is 1.40. The summed E-state index contributed by atoms with van der Waals surface area (Å²) in [5, 5.41) is 3.65. The largest absolute Gasteiger partial charge is 0.484 e. The van der Waals surface area contributed by atoms with Gasteiger partial charge in [0.1, 0.15) is 5.75 Å². The number of carbonyl (C=O) groups excluding carboxylic acids is 1. The normalized spacial score (nSPS) is 18.3. The van der Waals surface area contributed by atoms with E-state index in [4.69, 9.17) is 4.74 Å². The molecule has 146 valence electrons. The van der Waals surface area contributed by atoms with E-state index in [0.717, 1.165) is 44.1 Å². The van der Waals surface area contributed by atoms with Crippen molar-refractivity contribution in [3.63, 3.8) is 0 Å². The van der Waals surface area contributed by atoms with Crippen molar-refractivity contribution in [3.8, 4) is 5.75 Å². The number of carbonyl (C=O) groups is 1. The standard InChI is InChI=1S/C21H32N2O2.ClH/c1-21(2,3)17-6-8-19(9-7-17)25-15-20(24)23-12-10-18(11-13-23)22-14-16-4-5-16;/h6-9,16,18,22H,4-5,10-15H2,1-3H3;1H. The highest BCUT2D eigenvalue weighted by molar-refractivity contribution is 5.85. The zero-order valence-electron chi connectivity index (χ0n) is 16.3. The summed E-state index contributed by atoms with van der Waals surface area (Å²) < 4.78 is 5.70. The van der Waals surface area contributed by atoms with Gasteiger partial charge in [-0.25, -0.2) is 0 Å². The Labute approximate surface area is 164 Å². The molecule has 1 aliphatic heterocycles. The number of hydrogen-bond acceptors (Lipinski definition) is 3. The Hall–Kier alpha value is -1.26. The second-order valence-corrected chi connectivity index (χ2v) is 8.57. The highest BCUT2D eigenvalue weighted by Crippen LogP contribution is 2.28. The fourth-order valence-corrected chi connectivity index (χ4v) is 3.28. The summed E-state index contributed by atoms with van der Waals surface area (Å²) in [7, 11) is 0. The second-order valence-electron chi connectivity index (χ2n) is 8.57. The molecule has 1 heterocycles. The number of halogens is 1. The number of nitrogens with one attached hydrogen (secondary N) is 1. The van der Waals surface area contributed by atoms with Crippen molar-refractivity contribution >= 4 is 18.3 Å². The molecule has 1 aromatic carbocycles. The van der Waals surface area contributed by atoms with Crippen LogP contribution in [0.5, 0.6) is 5.75 Å². The Morgan fingerprint density at radius 1 is 1.12 bits per heavy atom. The number of ether oxygens (including phenoxy) is 1. The van der Waals surface area contributed by atoms with Crippen LogP contribution in [0.1, 0.15) is 52.0 Å². The number of rotatable bonds is 6. The molecule has 5 heteroatoms. The van der Waals surface area contributed by atoms with E-state index in [9.17, 15) is 4.79 Å². The first-order valence-corrected chi connectivity index (χ1v) is 9.66. The van der Waals surface area contributed by atoms with Gasteiger partial charge < -0.3 is 15.0 Å². The Kier molecular flexibility index (Phi) is 7.36. The third kappa shape index (κ3) is 6.17. The van der Waals surface area contributed by atoms with Crippen LogP contribution in [0.25, 0.3) is 0 Å². The highest BCUT2D eigenvalue weighted by atomic mass is 35.5. The summed E-state index contributed by atoms with van der Waals surface area (Å²) in [6.07, 6.45) is 4.88. The molecule has 1 saturated carbocycles. The maximum absolute atomic E-state index is 12.4. The van der Waals surface area contributed by atoms with Gasteiger partial charge in [0.05, 0.1) is 0 Å². The average molecular weight is 381 g/mol. The molecule has 1 N–H and O–H groups in total. The number of hydrogen-bond donors (Lipinski definition) is 1. The fourth-order valence-electron chi connectivity index (χ4n) is 3.28. The van der Waals surface area contributed by atoms with E-state index in [0.29, 0.717) is 6.04 Å². The van der Waals surface area contributed by atoms with Gasteiger partial charge in [0.2, 0.25) is 0 Å². The van der Waals surface area contributed by atoms with E-state index < -0.39 is 0 Å². The summed E-state index contributed by atoms with van der Waals surface area (Å²) in [6.45, 7) is 9.54. The van der Waals surface area contributed by atoms with Gasteiger partial charge >= 0.3 is 0 Å². The van der Waals surface area contributed by atoms with Crippen LogP contribution in [-0.2, 0) is 10.2 Å². The molecule has 1 aliphatic carbocycles. The Morgan fingerprint density at radius 2 is 1.73 bits per heavy atom. The minimum Gasteiger partial charge on any atom is -0.484 e. The van der Waals surface area contributed by atoms with Gasteiger partial charge in [-0.2, -0.15) is 0 Å². The molecule has 2 fully saturated rings. The van der Waals surface area contributed by atoms with Crippen LogP contribution < -0.4 is 10.1 Å². The molecule has 1 aromatic rings. The fraction of sp³-hybridized carbons (Fsp3) is 0.667. The van der Waals surface area contributed by atoms with E-state index in [-0.39, 0.29) is 30.3 Å². The average Bonchev–Trinajstić information content (AvgIpc) is 3.42. The maximum Gasteiger partial charge on any atom is 0.260 e. The minimum atomic E-state index is 0. The predicted molar refractivity (Wildman–Crippen MR) is 108 cm³/mol.